The fourth-order valence-electron chi connectivity index (χ4n) is 2.20. The van der Waals surface area contributed by atoms with E-state index in [1.165, 1.54) is 6.07 Å². The maximum absolute atomic E-state index is 13.6. The Kier molecular flexibility index (Phi) is 6.78. The van der Waals surface area contributed by atoms with Crippen molar-refractivity contribution in [1.82, 2.24) is 10.6 Å². The molecule has 0 amide bonds. The van der Waals surface area contributed by atoms with Gasteiger partial charge >= 0.3 is 0 Å². The highest BCUT2D eigenvalue weighted by Crippen LogP contribution is 2.16. The molecule has 2 aromatic carbocycles. The highest BCUT2D eigenvalue weighted by molar-refractivity contribution is 5.79. The van der Waals surface area contributed by atoms with Crippen molar-refractivity contribution in [3.63, 3.8) is 0 Å². The van der Waals surface area contributed by atoms with Crippen molar-refractivity contribution in [2.45, 2.75) is 19.6 Å². The molecule has 0 saturated carbocycles. The normalized spacial score (nSPS) is 12.2. The average molecular weight is 340 g/mol. The van der Waals surface area contributed by atoms with Gasteiger partial charge in [0.2, 0.25) is 0 Å². The quantitative estimate of drug-likeness (QED) is 0.627. The summed E-state index contributed by atoms with van der Waals surface area (Å²) in [6.07, 6.45) is -0.239. The summed E-state index contributed by atoms with van der Waals surface area (Å²) in [4.78, 5) is 4.14. The molecule has 0 spiro atoms. The minimum atomic E-state index is -0.380. The molecule has 1 unspecified atom stereocenters. The van der Waals surface area contributed by atoms with E-state index < -0.39 is 0 Å². The fraction of sp³-hybridized carbons (Fsp3) is 0.263. The molecule has 1 atom stereocenters. The van der Waals surface area contributed by atoms with Crippen molar-refractivity contribution in [3.8, 4) is 11.8 Å². The van der Waals surface area contributed by atoms with Crippen molar-refractivity contribution in [2.75, 3.05) is 13.6 Å². The van der Waals surface area contributed by atoms with Crippen LogP contribution in [0.5, 0.6) is 5.75 Å². The number of nitrogens with zero attached hydrogens (tertiary/aromatic N) is 2. The predicted octanol–water partition coefficient (Wildman–Crippen LogP) is 2.83. The molecule has 6 heteroatoms. The summed E-state index contributed by atoms with van der Waals surface area (Å²) < 4.78 is 19.2. The number of halogens is 1. The van der Waals surface area contributed by atoms with E-state index in [0.717, 1.165) is 5.56 Å². The van der Waals surface area contributed by atoms with E-state index in [-0.39, 0.29) is 17.7 Å². The average Bonchev–Trinajstić information content (AvgIpc) is 2.64. The highest BCUT2D eigenvalue weighted by Gasteiger charge is 2.09. The van der Waals surface area contributed by atoms with Crippen LogP contribution in [0.1, 0.15) is 18.1 Å². The standard InChI is InChI=1S/C19H21FN4O/c1-14(25-18-9-4-3-8-17(18)20)12-23-19(22-2)24-13-16-7-5-6-15(10-16)11-21/h3-10,14H,12-13H2,1-2H3,(H2,22,23,24). The number of rotatable bonds is 6. The maximum atomic E-state index is 13.6. The second-order valence-electron chi connectivity index (χ2n) is 5.48. The Hall–Kier alpha value is -3.07. The molecule has 0 aliphatic carbocycles. The molecular formula is C19H21FN4O. The number of ether oxygens (including phenoxy) is 1. The summed E-state index contributed by atoms with van der Waals surface area (Å²) in [7, 11) is 1.67. The molecule has 0 aliphatic heterocycles. The van der Waals surface area contributed by atoms with Crippen LogP contribution in [0, 0.1) is 17.1 Å². The van der Waals surface area contributed by atoms with Crippen LogP contribution in [0.3, 0.4) is 0 Å². The summed E-state index contributed by atoms with van der Waals surface area (Å²) in [5.41, 5.74) is 1.60. The topological polar surface area (TPSA) is 69.4 Å². The van der Waals surface area contributed by atoms with Crippen LogP contribution in [0.15, 0.2) is 53.5 Å². The van der Waals surface area contributed by atoms with Gasteiger partial charge in [0.15, 0.2) is 17.5 Å². The molecule has 5 nitrogen and oxygen atoms in total. The first-order chi connectivity index (χ1) is 12.1. The monoisotopic (exact) mass is 340 g/mol. The predicted molar refractivity (Wildman–Crippen MR) is 95.8 cm³/mol. The van der Waals surface area contributed by atoms with Gasteiger partial charge in [-0.25, -0.2) is 4.39 Å². The molecule has 2 N–H and O–H groups in total. The third-order valence-corrected chi connectivity index (χ3v) is 3.46. The van der Waals surface area contributed by atoms with Gasteiger partial charge in [-0.1, -0.05) is 24.3 Å². The lowest BCUT2D eigenvalue weighted by molar-refractivity contribution is 0.214. The van der Waals surface area contributed by atoms with Crippen molar-refractivity contribution in [3.05, 3.63) is 65.5 Å². The Bertz CT molecular complexity index is 770. The number of benzene rings is 2. The largest absolute Gasteiger partial charge is 0.486 e. The van der Waals surface area contributed by atoms with Gasteiger partial charge in [-0.15, -0.1) is 0 Å². The zero-order chi connectivity index (χ0) is 18.1. The molecule has 0 heterocycles. The summed E-state index contributed by atoms with van der Waals surface area (Å²) >= 11 is 0. The van der Waals surface area contributed by atoms with E-state index in [2.05, 4.69) is 21.7 Å². The Morgan fingerprint density at radius 1 is 1.24 bits per heavy atom. The van der Waals surface area contributed by atoms with Crippen molar-refractivity contribution in [1.29, 1.82) is 5.26 Å². The molecule has 2 aromatic rings. The summed E-state index contributed by atoms with van der Waals surface area (Å²) in [5.74, 6) is 0.452. The number of para-hydroxylation sites is 1. The highest BCUT2D eigenvalue weighted by atomic mass is 19.1. The second-order valence-corrected chi connectivity index (χ2v) is 5.48. The van der Waals surface area contributed by atoms with Gasteiger partial charge in [0.05, 0.1) is 18.2 Å². The minimum absolute atomic E-state index is 0.230. The molecule has 0 radical (unpaired) electrons. The van der Waals surface area contributed by atoms with Crippen molar-refractivity contribution >= 4 is 5.96 Å². The Labute approximate surface area is 147 Å². The SMILES string of the molecule is CN=C(NCc1cccc(C#N)c1)NCC(C)Oc1ccccc1F. The van der Waals surface area contributed by atoms with Crippen molar-refractivity contribution in [2.24, 2.45) is 4.99 Å². The zero-order valence-electron chi connectivity index (χ0n) is 14.3. The summed E-state index contributed by atoms with van der Waals surface area (Å²) in [5, 5.41) is 15.2. The first-order valence-corrected chi connectivity index (χ1v) is 7.97. The van der Waals surface area contributed by atoms with Crippen LogP contribution >= 0.6 is 0 Å². The summed E-state index contributed by atoms with van der Waals surface area (Å²) in [6, 6.07) is 15.8. The number of aliphatic imine (C=N–C) groups is 1. The van der Waals surface area contributed by atoms with E-state index in [0.29, 0.717) is 24.6 Å². The van der Waals surface area contributed by atoms with Crippen LogP contribution in [-0.4, -0.2) is 25.7 Å². The molecule has 2 rings (SSSR count). The van der Waals surface area contributed by atoms with Crippen LogP contribution in [-0.2, 0) is 6.54 Å². The van der Waals surface area contributed by atoms with Crippen LogP contribution < -0.4 is 15.4 Å². The third kappa shape index (κ3) is 5.81. The van der Waals surface area contributed by atoms with Gasteiger partial charge in [0.1, 0.15) is 6.10 Å². The van der Waals surface area contributed by atoms with Crippen LogP contribution in [0.4, 0.5) is 4.39 Å². The van der Waals surface area contributed by atoms with Gasteiger partial charge < -0.3 is 15.4 Å². The molecule has 25 heavy (non-hydrogen) atoms. The van der Waals surface area contributed by atoms with E-state index in [9.17, 15) is 4.39 Å². The van der Waals surface area contributed by atoms with Gasteiger partial charge in [-0.2, -0.15) is 5.26 Å². The Morgan fingerprint density at radius 3 is 2.76 bits per heavy atom. The molecule has 0 aromatic heterocycles. The molecular weight excluding hydrogens is 319 g/mol. The Balaban J connectivity index is 1.81. The van der Waals surface area contributed by atoms with Crippen LogP contribution in [0.25, 0.3) is 0 Å². The first kappa shape index (κ1) is 18.3. The van der Waals surface area contributed by atoms with E-state index in [4.69, 9.17) is 10.00 Å². The van der Waals surface area contributed by atoms with Gasteiger partial charge in [0, 0.05) is 13.6 Å². The number of nitrogens with one attached hydrogen (secondary N) is 2. The smallest absolute Gasteiger partial charge is 0.191 e. The van der Waals surface area contributed by atoms with Gasteiger partial charge in [-0.3, -0.25) is 4.99 Å². The maximum Gasteiger partial charge on any atom is 0.191 e. The van der Waals surface area contributed by atoms with E-state index in [1.54, 1.807) is 31.3 Å². The molecule has 0 bridgehead atoms. The summed E-state index contributed by atoms with van der Waals surface area (Å²) in [6.45, 7) is 2.85. The fourth-order valence-corrected chi connectivity index (χ4v) is 2.20. The lowest BCUT2D eigenvalue weighted by atomic mass is 10.1. The number of hydrogen-bond donors (Lipinski definition) is 2. The number of nitriles is 1. The molecule has 130 valence electrons. The van der Waals surface area contributed by atoms with Gasteiger partial charge in [0.25, 0.3) is 0 Å². The molecule has 0 saturated heterocycles. The minimum Gasteiger partial charge on any atom is -0.486 e. The Morgan fingerprint density at radius 2 is 2.04 bits per heavy atom. The van der Waals surface area contributed by atoms with Gasteiger partial charge in [-0.05, 0) is 36.8 Å². The van der Waals surface area contributed by atoms with E-state index in [1.807, 2.05) is 25.1 Å². The lowest BCUT2D eigenvalue weighted by Gasteiger charge is -2.18. The van der Waals surface area contributed by atoms with E-state index >= 15 is 0 Å². The number of hydrogen-bond acceptors (Lipinski definition) is 3. The molecule has 0 fully saturated rings. The zero-order valence-corrected chi connectivity index (χ0v) is 14.3. The number of guanidine groups is 1. The lowest BCUT2D eigenvalue weighted by Crippen LogP contribution is -2.41. The van der Waals surface area contributed by atoms with Crippen LogP contribution in [0.2, 0.25) is 0 Å². The first-order valence-electron chi connectivity index (χ1n) is 7.97. The third-order valence-electron chi connectivity index (χ3n) is 3.46. The second kappa shape index (κ2) is 9.28. The van der Waals surface area contributed by atoms with Crippen molar-refractivity contribution < 1.29 is 9.13 Å². The molecule has 0 aliphatic rings.